The summed E-state index contributed by atoms with van der Waals surface area (Å²) >= 11 is 0. The Kier molecular flexibility index (Phi) is 5.76. The van der Waals surface area contributed by atoms with E-state index < -0.39 is 28.5 Å². The van der Waals surface area contributed by atoms with Crippen LogP contribution >= 0.6 is 0 Å². The number of carbonyl (C=O) groups excluding carboxylic acids is 2. The van der Waals surface area contributed by atoms with Crippen molar-refractivity contribution in [2.24, 2.45) is 5.14 Å². The van der Waals surface area contributed by atoms with Crippen LogP contribution in [0.2, 0.25) is 0 Å². The van der Waals surface area contributed by atoms with E-state index in [-0.39, 0.29) is 16.1 Å². The van der Waals surface area contributed by atoms with Crippen LogP contribution in [0.3, 0.4) is 0 Å². The Morgan fingerprint density at radius 1 is 1.17 bits per heavy atom. The highest BCUT2D eigenvalue weighted by Gasteiger charge is 2.14. The van der Waals surface area contributed by atoms with Crippen LogP contribution in [0.25, 0.3) is 5.69 Å². The topological polar surface area (TPSA) is 133 Å². The van der Waals surface area contributed by atoms with Crippen molar-refractivity contribution in [3.8, 4) is 5.69 Å². The summed E-state index contributed by atoms with van der Waals surface area (Å²) < 4.78 is 29.7. The van der Waals surface area contributed by atoms with E-state index in [2.05, 4.69) is 10.4 Å². The number of rotatable bonds is 6. The first-order valence-corrected chi connectivity index (χ1v) is 9.99. The molecule has 0 unspecified atom stereocenters. The van der Waals surface area contributed by atoms with Crippen LogP contribution in [-0.2, 0) is 19.6 Å². The Bertz CT molecular complexity index is 1140. The molecule has 0 atom stereocenters. The molecule has 0 saturated heterocycles. The zero-order valence-corrected chi connectivity index (χ0v) is 16.2. The van der Waals surface area contributed by atoms with Crippen LogP contribution in [0.4, 0.5) is 5.69 Å². The third-order valence-electron chi connectivity index (χ3n) is 3.98. The summed E-state index contributed by atoms with van der Waals surface area (Å²) in [5, 5.41) is 11.7. The number of ether oxygens (including phenoxy) is 1. The molecule has 0 aliphatic heterocycles. The van der Waals surface area contributed by atoms with Crippen molar-refractivity contribution < 1.29 is 22.7 Å². The SMILES string of the molecule is Cc1ccc(NC(=O)COC(=O)c2ccc(-n3cccn3)cc2)cc1S(N)(=O)=O. The number of esters is 1. The van der Waals surface area contributed by atoms with E-state index in [0.717, 1.165) is 5.69 Å². The highest BCUT2D eigenvalue weighted by Crippen LogP contribution is 2.19. The molecule has 10 heteroatoms. The van der Waals surface area contributed by atoms with Crippen molar-refractivity contribution in [3.05, 3.63) is 72.1 Å². The second-order valence-corrected chi connectivity index (χ2v) is 7.68. The second kappa shape index (κ2) is 8.25. The molecule has 150 valence electrons. The van der Waals surface area contributed by atoms with Gasteiger partial charge in [-0.3, -0.25) is 4.79 Å². The largest absolute Gasteiger partial charge is 0.452 e. The van der Waals surface area contributed by atoms with Crippen LogP contribution in [0.1, 0.15) is 15.9 Å². The molecule has 0 aliphatic rings. The van der Waals surface area contributed by atoms with E-state index in [0.29, 0.717) is 5.56 Å². The number of hydrogen-bond acceptors (Lipinski definition) is 6. The van der Waals surface area contributed by atoms with Gasteiger partial charge in [-0.15, -0.1) is 0 Å². The molecular formula is C19H18N4O5S. The van der Waals surface area contributed by atoms with Crippen molar-refractivity contribution in [2.45, 2.75) is 11.8 Å². The van der Waals surface area contributed by atoms with Gasteiger partial charge in [-0.2, -0.15) is 5.10 Å². The van der Waals surface area contributed by atoms with E-state index in [4.69, 9.17) is 9.88 Å². The minimum atomic E-state index is -3.92. The monoisotopic (exact) mass is 414 g/mol. The lowest BCUT2D eigenvalue weighted by Crippen LogP contribution is -2.21. The van der Waals surface area contributed by atoms with Crippen LogP contribution in [0, 0.1) is 6.92 Å². The van der Waals surface area contributed by atoms with E-state index in [1.165, 1.54) is 18.2 Å². The molecule has 0 fully saturated rings. The quantitative estimate of drug-likeness (QED) is 0.589. The number of amides is 1. The molecule has 0 bridgehead atoms. The average molecular weight is 414 g/mol. The summed E-state index contributed by atoms with van der Waals surface area (Å²) in [6, 6.07) is 12.6. The van der Waals surface area contributed by atoms with Gasteiger partial charge in [0.2, 0.25) is 10.0 Å². The molecule has 0 aliphatic carbocycles. The highest BCUT2D eigenvalue weighted by molar-refractivity contribution is 7.89. The molecule has 0 radical (unpaired) electrons. The van der Waals surface area contributed by atoms with Gasteiger partial charge in [0.1, 0.15) is 0 Å². The number of benzene rings is 2. The fraction of sp³-hybridized carbons (Fsp3) is 0.105. The zero-order valence-electron chi connectivity index (χ0n) is 15.4. The lowest BCUT2D eigenvalue weighted by atomic mass is 10.2. The van der Waals surface area contributed by atoms with E-state index in [1.807, 2.05) is 0 Å². The molecule has 9 nitrogen and oxygen atoms in total. The second-order valence-electron chi connectivity index (χ2n) is 6.15. The van der Waals surface area contributed by atoms with Gasteiger partial charge in [0.15, 0.2) is 6.61 Å². The fourth-order valence-electron chi connectivity index (χ4n) is 2.57. The van der Waals surface area contributed by atoms with Gasteiger partial charge in [-0.1, -0.05) is 6.07 Å². The van der Waals surface area contributed by atoms with Crippen molar-refractivity contribution in [1.29, 1.82) is 0 Å². The summed E-state index contributed by atoms with van der Waals surface area (Å²) in [6.45, 7) is 1.06. The van der Waals surface area contributed by atoms with Crippen LogP contribution in [0.15, 0.2) is 65.8 Å². The molecule has 29 heavy (non-hydrogen) atoms. The summed E-state index contributed by atoms with van der Waals surface area (Å²) in [6.07, 6.45) is 3.41. The van der Waals surface area contributed by atoms with Crippen molar-refractivity contribution in [1.82, 2.24) is 9.78 Å². The number of aromatic nitrogens is 2. The lowest BCUT2D eigenvalue weighted by Gasteiger charge is -2.09. The first kappa shape index (κ1) is 20.2. The number of nitrogens with one attached hydrogen (secondary N) is 1. The maximum Gasteiger partial charge on any atom is 0.338 e. The molecule has 3 rings (SSSR count). The molecule has 2 aromatic carbocycles. The minimum Gasteiger partial charge on any atom is -0.452 e. The Labute approximate surface area is 167 Å². The summed E-state index contributed by atoms with van der Waals surface area (Å²) in [5.74, 6) is -1.28. The van der Waals surface area contributed by atoms with Crippen molar-refractivity contribution in [2.75, 3.05) is 11.9 Å². The smallest absolute Gasteiger partial charge is 0.338 e. The molecule has 3 N–H and O–H groups in total. The maximum atomic E-state index is 12.1. The fourth-order valence-corrected chi connectivity index (χ4v) is 3.38. The lowest BCUT2D eigenvalue weighted by molar-refractivity contribution is -0.119. The van der Waals surface area contributed by atoms with Crippen molar-refractivity contribution in [3.63, 3.8) is 0 Å². The number of carbonyl (C=O) groups is 2. The third-order valence-corrected chi connectivity index (χ3v) is 5.04. The van der Waals surface area contributed by atoms with Gasteiger partial charge >= 0.3 is 5.97 Å². The van der Waals surface area contributed by atoms with Crippen molar-refractivity contribution >= 4 is 27.6 Å². The Balaban J connectivity index is 1.59. The van der Waals surface area contributed by atoms with Crippen LogP contribution in [-0.4, -0.2) is 36.7 Å². The van der Waals surface area contributed by atoms with E-state index in [9.17, 15) is 18.0 Å². The van der Waals surface area contributed by atoms with Gasteiger partial charge in [0.25, 0.3) is 5.91 Å². The normalized spacial score (nSPS) is 11.1. The van der Waals surface area contributed by atoms with Gasteiger partial charge in [0.05, 0.1) is 16.1 Å². The number of nitrogens with zero attached hydrogens (tertiary/aromatic N) is 2. The number of anilines is 1. The van der Waals surface area contributed by atoms with Crippen LogP contribution in [0.5, 0.6) is 0 Å². The van der Waals surface area contributed by atoms with E-state index >= 15 is 0 Å². The number of primary sulfonamides is 1. The van der Waals surface area contributed by atoms with Gasteiger partial charge in [0, 0.05) is 18.1 Å². The Morgan fingerprint density at radius 3 is 2.52 bits per heavy atom. The molecule has 1 amide bonds. The maximum absolute atomic E-state index is 12.1. The molecule has 1 aromatic heterocycles. The predicted molar refractivity (Wildman–Crippen MR) is 105 cm³/mol. The standard InChI is InChI=1S/C19H18N4O5S/c1-13-3-6-15(11-17(13)29(20,26)27)22-18(24)12-28-19(25)14-4-7-16(8-5-14)23-10-2-9-21-23/h2-11H,12H2,1H3,(H,22,24)(H2,20,26,27). The number of nitrogens with two attached hydrogens (primary N) is 1. The van der Waals surface area contributed by atoms with E-state index in [1.54, 1.807) is 54.3 Å². The minimum absolute atomic E-state index is 0.0930. The number of aryl methyl sites for hydroxylation is 1. The van der Waals surface area contributed by atoms with Gasteiger partial charge < -0.3 is 10.1 Å². The molecule has 0 saturated carbocycles. The molecular weight excluding hydrogens is 396 g/mol. The number of hydrogen-bond donors (Lipinski definition) is 2. The highest BCUT2D eigenvalue weighted by atomic mass is 32.2. The average Bonchev–Trinajstić information content (AvgIpc) is 3.22. The third kappa shape index (κ3) is 5.06. The summed E-state index contributed by atoms with van der Waals surface area (Å²) in [5.41, 5.74) is 1.73. The van der Waals surface area contributed by atoms with Crippen LogP contribution < -0.4 is 10.5 Å². The molecule has 0 spiro atoms. The Hall–Kier alpha value is -3.50. The van der Waals surface area contributed by atoms with Gasteiger partial charge in [-0.05, 0) is 55.0 Å². The zero-order chi connectivity index (χ0) is 21.0. The molecule has 1 heterocycles. The van der Waals surface area contributed by atoms with Gasteiger partial charge in [-0.25, -0.2) is 23.0 Å². The predicted octanol–water partition coefficient (Wildman–Crippen LogP) is 1.62. The summed E-state index contributed by atoms with van der Waals surface area (Å²) in [4.78, 5) is 24.0. The summed E-state index contributed by atoms with van der Waals surface area (Å²) in [7, 11) is -3.92. The number of sulfonamides is 1. The Morgan fingerprint density at radius 2 is 1.90 bits per heavy atom. The first-order chi connectivity index (χ1) is 13.7. The first-order valence-electron chi connectivity index (χ1n) is 8.44. The molecule has 3 aromatic rings.